The number of hydrogen-bond acceptors (Lipinski definition) is 3. The van der Waals surface area contributed by atoms with E-state index in [2.05, 4.69) is 5.10 Å². The van der Waals surface area contributed by atoms with E-state index < -0.39 is 19.0 Å². The highest BCUT2D eigenvalue weighted by Gasteiger charge is 2.36. The summed E-state index contributed by atoms with van der Waals surface area (Å²) in [5.41, 5.74) is -1.36. The second-order valence-corrected chi connectivity index (χ2v) is 3.05. The number of rotatable bonds is 3. The van der Waals surface area contributed by atoms with Crippen molar-refractivity contribution in [1.82, 2.24) is 9.78 Å². The Hall–Kier alpha value is -1.02. The van der Waals surface area contributed by atoms with E-state index in [0.29, 0.717) is 12.5 Å². The molecule has 15 heavy (non-hydrogen) atoms. The number of halogens is 3. The first-order valence-corrected chi connectivity index (χ1v) is 4.37. The largest absolute Gasteiger partial charge is 0.507 e. The van der Waals surface area contributed by atoms with E-state index in [1.54, 1.807) is 6.92 Å². The molecule has 0 unspecified atom stereocenters. The average molecular weight is 222 g/mol. The fourth-order valence-electron chi connectivity index (χ4n) is 1.17. The van der Waals surface area contributed by atoms with Gasteiger partial charge in [-0.1, -0.05) is 6.92 Å². The Labute approximate surface area is 84.5 Å². The van der Waals surface area contributed by atoms with Crippen LogP contribution in [0.3, 0.4) is 0 Å². The molecule has 0 aliphatic heterocycles. The van der Waals surface area contributed by atoms with Gasteiger partial charge in [0, 0.05) is 6.54 Å². The van der Waals surface area contributed by atoms with Crippen LogP contribution in [0.4, 0.5) is 13.2 Å². The number of aromatic nitrogens is 2. The highest BCUT2D eigenvalue weighted by Crippen LogP contribution is 2.26. The van der Waals surface area contributed by atoms with Gasteiger partial charge in [-0.15, -0.1) is 0 Å². The van der Waals surface area contributed by atoms with E-state index >= 15 is 0 Å². The van der Waals surface area contributed by atoms with Crippen molar-refractivity contribution in [1.29, 1.82) is 0 Å². The van der Waals surface area contributed by atoms with Gasteiger partial charge in [0.2, 0.25) is 0 Å². The predicted octanol–water partition coefficient (Wildman–Crippen LogP) is -0.00830. The van der Waals surface area contributed by atoms with E-state index in [1.807, 2.05) is 0 Å². The summed E-state index contributed by atoms with van der Waals surface area (Å²) >= 11 is 0. The molecule has 0 saturated carbocycles. The summed E-state index contributed by atoms with van der Waals surface area (Å²) in [5.74, 6) is 0. The van der Waals surface area contributed by atoms with Crippen molar-refractivity contribution >= 4 is 12.7 Å². The molecule has 1 aromatic rings. The number of nitrogens with zero attached hydrogens (tertiary/aromatic N) is 2. The van der Waals surface area contributed by atoms with Crippen molar-refractivity contribution in [3.63, 3.8) is 0 Å². The first-order valence-electron chi connectivity index (χ1n) is 4.37. The van der Waals surface area contributed by atoms with Gasteiger partial charge in [0.05, 0.1) is 5.59 Å². The van der Waals surface area contributed by atoms with Crippen LogP contribution in [-0.2, 0) is 12.7 Å². The normalized spacial score (nSPS) is 11.9. The van der Waals surface area contributed by atoms with Gasteiger partial charge in [-0.2, -0.15) is 18.3 Å². The van der Waals surface area contributed by atoms with Gasteiger partial charge in [0.15, 0.2) is 5.69 Å². The summed E-state index contributed by atoms with van der Waals surface area (Å²) in [6.45, 7) is 1.96. The Morgan fingerprint density at radius 3 is 2.47 bits per heavy atom. The number of aryl methyl sites for hydroxylation is 1. The van der Waals surface area contributed by atoms with Gasteiger partial charge in [0.25, 0.3) is 0 Å². The molecule has 84 valence electrons. The summed E-state index contributed by atoms with van der Waals surface area (Å²) in [5, 5.41) is 20.9. The van der Waals surface area contributed by atoms with Crippen LogP contribution >= 0.6 is 0 Å². The molecule has 0 atom stereocenters. The summed E-state index contributed by atoms with van der Waals surface area (Å²) < 4.78 is 37.7. The third-order valence-corrected chi connectivity index (χ3v) is 1.80. The minimum Gasteiger partial charge on any atom is -0.422 e. The molecule has 0 bridgehead atoms. The van der Waals surface area contributed by atoms with Crippen molar-refractivity contribution < 1.29 is 23.2 Å². The monoisotopic (exact) mass is 222 g/mol. The maximum Gasteiger partial charge on any atom is 0.507 e. The van der Waals surface area contributed by atoms with Gasteiger partial charge in [-0.25, -0.2) is 0 Å². The Balaban J connectivity index is 3.09. The molecule has 2 N–H and O–H groups in total. The quantitative estimate of drug-likeness (QED) is 0.707. The molecular weight excluding hydrogens is 212 g/mol. The number of hydrogen-bond donors (Lipinski definition) is 2. The van der Waals surface area contributed by atoms with E-state index in [-0.39, 0.29) is 12.1 Å². The SMILES string of the molecule is CCCn1nc(C(F)(F)F)cc1B(O)O. The van der Waals surface area contributed by atoms with Crippen LogP contribution in [0.2, 0.25) is 0 Å². The average Bonchev–Trinajstić information content (AvgIpc) is 2.48. The maximum absolute atomic E-state index is 12.2. The van der Waals surface area contributed by atoms with Crippen LogP contribution in [0.25, 0.3) is 0 Å². The zero-order valence-electron chi connectivity index (χ0n) is 7.99. The topological polar surface area (TPSA) is 58.3 Å². The van der Waals surface area contributed by atoms with Crippen LogP contribution < -0.4 is 5.59 Å². The lowest BCUT2D eigenvalue weighted by molar-refractivity contribution is -0.141. The number of alkyl halides is 3. The summed E-state index contributed by atoms with van der Waals surface area (Å²) in [7, 11) is -1.94. The Kier molecular flexibility index (Phi) is 3.40. The van der Waals surface area contributed by atoms with Crippen LogP contribution in [-0.4, -0.2) is 26.9 Å². The van der Waals surface area contributed by atoms with Gasteiger partial charge in [-0.3, -0.25) is 4.68 Å². The second-order valence-electron chi connectivity index (χ2n) is 3.05. The van der Waals surface area contributed by atoms with E-state index in [1.165, 1.54) is 0 Å². The van der Waals surface area contributed by atoms with Gasteiger partial charge in [-0.05, 0) is 12.5 Å². The van der Waals surface area contributed by atoms with Crippen molar-refractivity contribution in [2.45, 2.75) is 26.1 Å². The minimum atomic E-state index is -4.57. The van der Waals surface area contributed by atoms with Crippen molar-refractivity contribution in [2.24, 2.45) is 0 Å². The fourth-order valence-corrected chi connectivity index (χ4v) is 1.17. The van der Waals surface area contributed by atoms with Crippen molar-refractivity contribution in [3.8, 4) is 0 Å². The Morgan fingerprint density at radius 1 is 1.47 bits per heavy atom. The van der Waals surface area contributed by atoms with E-state index in [9.17, 15) is 13.2 Å². The molecule has 0 spiro atoms. The first-order chi connectivity index (χ1) is 6.86. The zero-order valence-corrected chi connectivity index (χ0v) is 7.99. The van der Waals surface area contributed by atoms with Gasteiger partial charge < -0.3 is 10.0 Å². The minimum absolute atomic E-state index is 0.211. The third-order valence-electron chi connectivity index (χ3n) is 1.80. The summed E-state index contributed by atoms with van der Waals surface area (Å²) in [6.07, 6.45) is -4.01. The second kappa shape index (κ2) is 4.24. The fraction of sp³-hybridized carbons (Fsp3) is 0.571. The highest BCUT2D eigenvalue weighted by atomic mass is 19.4. The smallest absolute Gasteiger partial charge is 0.422 e. The van der Waals surface area contributed by atoms with Crippen molar-refractivity contribution in [2.75, 3.05) is 0 Å². The molecule has 0 aliphatic rings. The zero-order chi connectivity index (χ0) is 11.6. The predicted molar refractivity (Wildman–Crippen MR) is 47.3 cm³/mol. The molecule has 1 rings (SSSR count). The first kappa shape index (κ1) is 12.1. The molecule has 0 radical (unpaired) electrons. The van der Waals surface area contributed by atoms with Crippen LogP contribution in [0.5, 0.6) is 0 Å². The molecule has 0 aliphatic carbocycles. The van der Waals surface area contributed by atoms with Crippen LogP contribution in [0, 0.1) is 0 Å². The molecule has 8 heteroatoms. The standard InChI is InChI=1S/C7H10BF3N2O2/c1-2-3-13-6(8(14)15)4-5(12-13)7(9,10)11/h4,14-15H,2-3H2,1H3. The van der Waals surface area contributed by atoms with Crippen LogP contribution in [0.1, 0.15) is 19.0 Å². The Bertz CT molecular complexity index is 337. The summed E-state index contributed by atoms with van der Waals surface area (Å²) in [6, 6.07) is 0.639. The van der Waals surface area contributed by atoms with E-state index in [4.69, 9.17) is 10.0 Å². The highest BCUT2D eigenvalue weighted by molar-refractivity contribution is 6.57. The molecule has 4 nitrogen and oxygen atoms in total. The lowest BCUT2D eigenvalue weighted by atomic mass is 9.86. The Morgan fingerprint density at radius 2 is 2.07 bits per heavy atom. The summed E-state index contributed by atoms with van der Waals surface area (Å²) in [4.78, 5) is 0. The lowest BCUT2D eigenvalue weighted by Gasteiger charge is -2.03. The molecule has 0 amide bonds. The van der Waals surface area contributed by atoms with Crippen LogP contribution in [0.15, 0.2) is 6.07 Å². The van der Waals surface area contributed by atoms with E-state index in [0.717, 1.165) is 4.68 Å². The molecule has 0 aromatic carbocycles. The lowest BCUT2D eigenvalue weighted by Crippen LogP contribution is -2.36. The molecular formula is C7H10BF3N2O2. The van der Waals surface area contributed by atoms with Crippen molar-refractivity contribution in [3.05, 3.63) is 11.8 Å². The molecule has 1 heterocycles. The molecule has 0 saturated heterocycles. The molecule has 1 aromatic heterocycles. The van der Waals surface area contributed by atoms with Gasteiger partial charge >= 0.3 is 13.3 Å². The maximum atomic E-state index is 12.2. The third kappa shape index (κ3) is 2.72. The van der Waals surface area contributed by atoms with Gasteiger partial charge in [0.1, 0.15) is 0 Å². The molecule has 0 fully saturated rings.